The van der Waals surface area contributed by atoms with Gasteiger partial charge in [0.15, 0.2) is 11.7 Å². The maximum Gasteiger partial charge on any atom is 0.273 e. The van der Waals surface area contributed by atoms with Gasteiger partial charge in [-0.1, -0.05) is 24.3 Å². The van der Waals surface area contributed by atoms with Gasteiger partial charge in [-0.15, -0.1) is 0 Å². The summed E-state index contributed by atoms with van der Waals surface area (Å²) in [7, 11) is 3.83. The van der Waals surface area contributed by atoms with E-state index < -0.39 is 0 Å². The van der Waals surface area contributed by atoms with Gasteiger partial charge in [0.1, 0.15) is 5.69 Å². The Morgan fingerprint density at radius 2 is 1.71 bits per heavy atom. The number of aromatic hydroxyl groups is 1. The Bertz CT molecular complexity index is 1790. The minimum absolute atomic E-state index is 0.0210. The molecule has 1 saturated heterocycles. The van der Waals surface area contributed by atoms with Gasteiger partial charge in [-0.25, -0.2) is 0 Å². The van der Waals surface area contributed by atoms with E-state index in [9.17, 15) is 14.7 Å². The summed E-state index contributed by atoms with van der Waals surface area (Å²) in [4.78, 5) is 38.1. The summed E-state index contributed by atoms with van der Waals surface area (Å²) in [5, 5.41) is 18.2. The highest BCUT2D eigenvalue weighted by Crippen LogP contribution is 2.29. The molecule has 1 aliphatic heterocycles. The molecule has 0 atom stereocenters. The summed E-state index contributed by atoms with van der Waals surface area (Å²) in [6, 6.07) is 21.7. The molecule has 3 heterocycles. The average molecular weight is 562 g/mol. The molecule has 3 aromatic carbocycles. The van der Waals surface area contributed by atoms with Gasteiger partial charge in [0.05, 0.1) is 11.3 Å². The van der Waals surface area contributed by atoms with Gasteiger partial charge in [0.25, 0.3) is 5.91 Å². The highest BCUT2D eigenvalue weighted by atomic mass is 16.3. The molecule has 1 fully saturated rings. The summed E-state index contributed by atoms with van der Waals surface area (Å²) in [6.07, 6.45) is 3.18. The predicted octanol–water partition coefficient (Wildman–Crippen LogP) is 4.59. The number of fused-ring (bicyclic) bond motifs is 1. The first-order valence-electron chi connectivity index (χ1n) is 13.7. The molecule has 1 aliphatic rings. The number of benzene rings is 3. The molecule has 5 aromatic rings. The van der Waals surface area contributed by atoms with E-state index in [0.717, 1.165) is 37.3 Å². The Hall–Kier alpha value is -5.22. The summed E-state index contributed by atoms with van der Waals surface area (Å²) in [5.41, 5.74) is 4.90. The van der Waals surface area contributed by atoms with Gasteiger partial charge in [-0.05, 0) is 55.6 Å². The Morgan fingerprint density at radius 1 is 0.952 bits per heavy atom. The van der Waals surface area contributed by atoms with Crippen molar-refractivity contribution < 1.29 is 14.7 Å². The largest absolute Gasteiger partial charge is 0.494 e. The summed E-state index contributed by atoms with van der Waals surface area (Å²) >= 11 is 0. The van der Waals surface area contributed by atoms with E-state index in [1.165, 1.54) is 10.4 Å². The smallest absolute Gasteiger partial charge is 0.273 e. The van der Waals surface area contributed by atoms with Crippen LogP contribution in [0.2, 0.25) is 0 Å². The molecule has 6 rings (SSSR count). The second-order valence-corrected chi connectivity index (χ2v) is 10.4. The third-order valence-electron chi connectivity index (χ3n) is 7.58. The number of amides is 1. The maximum atomic E-state index is 13.3. The number of ketones is 1. The molecule has 10 heteroatoms. The molecule has 1 amide bonds. The monoisotopic (exact) mass is 561 g/mol. The van der Waals surface area contributed by atoms with Crippen LogP contribution in [0.25, 0.3) is 10.9 Å². The molecule has 10 nitrogen and oxygen atoms in total. The van der Waals surface area contributed by atoms with Gasteiger partial charge in [0.2, 0.25) is 0 Å². The number of hydrogen-bond acceptors (Lipinski definition) is 7. The molecule has 2 aromatic heterocycles. The Balaban J connectivity index is 1.17. The fraction of sp³-hybridized carbons (Fsp3) is 0.188. The van der Waals surface area contributed by atoms with E-state index >= 15 is 0 Å². The topological polar surface area (TPSA) is 119 Å². The highest BCUT2D eigenvalue weighted by Gasteiger charge is 2.17. The lowest BCUT2D eigenvalue weighted by Crippen LogP contribution is -2.44. The van der Waals surface area contributed by atoms with Crippen molar-refractivity contribution in [1.29, 1.82) is 0 Å². The van der Waals surface area contributed by atoms with Crippen LogP contribution in [0.15, 0.2) is 84.0 Å². The number of aromatic nitrogens is 3. The van der Waals surface area contributed by atoms with Crippen molar-refractivity contribution in [2.45, 2.75) is 0 Å². The number of hydrogen-bond donors (Lipinski definition) is 3. The summed E-state index contributed by atoms with van der Waals surface area (Å²) < 4.78 is 1.48. The predicted molar refractivity (Wildman–Crippen MR) is 164 cm³/mol. The normalized spacial score (nSPS) is 14.1. The van der Waals surface area contributed by atoms with Crippen molar-refractivity contribution in [2.75, 3.05) is 43.4 Å². The summed E-state index contributed by atoms with van der Waals surface area (Å²) in [5.74, 6) is -0.548. The number of aryl methyl sites for hydroxylation is 1. The summed E-state index contributed by atoms with van der Waals surface area (Å²) in [6.45, 7) is 4.09. The lowest BCUT2D eigenvalue weighted by molar-refractivity contribution is 0.101. The van der Waals surface area contributed by atoms with E-state index in [1.54, 1.807) is 68.0 Å². The average Bonchev–Trinajstić information content (AvgIpc) is 3.57. The van der Waals surface area contributed by atoms with E-state index in [4.69, 9.17) is 0 Å². The molecule has 0 saturated carbocycles. The van der Waals surface area contributed by atoms with Crippen molar-refractivity contribution in [3.63, 3.8) is 0 Å². The highest BCUT2D eigenvalue weighted by molar-refractivity contribution is 6.13. The Kier molecular flexibility index (Phi) is 7.28. The van der Waals surface area contributed by atoms with E-state index in [2.05, 4.69) is 49.4 Å². The molecular weight excluding hydrogens is 530 g/mol. The fourth-order valence-electron chi connectivity index (χ4n) is 5.13. The van der Waals surface area contributed by atoms with Crippen molar-refractivity contribution in [3.05, 3.63) is 101 Å². The number of aliphatic imine (C=N–C) groups is 1. The quantitative estimate of drug-likeness (QED) is 0.198. The van der Waals surface area contributed by atoms with Crippen LogP contribution in [-0.2, 0) is 7.05 Å². The molecule has 212 valence electrons. The lowest BCUT2D eigenvalue weighted by atomic mass is 10.0. The van der Waals surface area contributed by atoms with Gasteiger partial charge in [-0.3, -0.25) is 19.3 Å². The number of piperazine rings is 1. The zero-order chi connectivity index (χ0) is 29.2. The number of carbonyl (C=O) groups is 2. The molecule has 42 heavy (non-hydrogen) atoms. The van der Waals surface area contributed by atoms with Crippen LogP contribution >= 0.6 is 0 Å². The molecule has 0 unspecified atom stereocenters. The van der Waals surface area contributed by atoms with Crippen LogP contribution in [0, 0.1) is 0 Å². The number of H-pyrrole nitrogens is 1. The molecule has 3 N–H and O–H groups in total. The van der Waals surface area contributed by atoms with Crippen molar-refractivity contribution in [2.24, 2.45) is 12.0 Å². The second-order valence-electron chi connectivity index (χ2n) is 10.4. The first kappa shape index (κ1) is 27.0. The molecule has 0 aliphatic carbocycles. The fourth-order valence-corrected chi connectivity index (χ4v) is 5.13. The molecule has 0 bridgehead atoms. The number of rotatable bonds is 7. The van der Waals surface area contributed by atoms with Gasteiger partial charge in [0, 0.05) is 79.0 Å². The standard InChI is InChI=1S/C32H31N7O3/c1-37-14-16-39(17-15-37)25-9-7-23(8-10-25)33-20-27-26-11-6-22(19-28(26)36-31(27)41)30(40)21-4-3-5-24(18-21)35-32(42)29-12-13-34-38(29)2/h3-13,18-20,36,41H,14-17H2,1-2H3,(H,35,42). The number of carbonyl (C=O) groups excluding carboxylic acids is 2. The van der Waals surface area contributed by atoms with Crippen LogP contribution in [0.4, 0.5) is 17.1 Å². The second kappa shape index (κ2) is 11.3. The molecule has 0 radical (unpaired) electrons. The Morgan fingerprint density at radius 3 is 2.45 bits per heavy atom. The van der Waals surface area contributed by atoms with Crippen LogP contribution in [0.5, 0.6) is 5.88 Å². The van der Waals surface area contributed by atoms with Gasteiger partial charge >= 0.3 is 0 Å². The number of nitrogens with one attached hydrogen (secondary N) is 2. The van der Waals surface area contributed by atoms with Crippen molar-refractivity contribution in [1.82, 2.24) is 19.7 Å². The third-order valence-corrected chi connectivity index (χ3v) is 7.58. The van der Waals surface area contributed by atoms with Crippen molar-refractivity contribution >= 4 is 45.9 Å². The van der Waals surface area contributed by atoms with E-state index in [0.29, 0.717) is 33.6 Å². The first-order chi connectivity index (χ1) is 20.4. The number of anilines is 2. The number of likely N-dealkylation sites (N-methyl/N-ethyl adjacent to an activating group) is 1. The number of nitrogens with zero attached hydrogens (tertiary/aromatic N) is 5. The SMILES string of the molecule is CN1CCN(c2ccc(N=Cc3c(O)[nH]c4cc(C(=O)c5cccc(NC(=O)c6ccnn6C)c5)ccc34)cc2)CC1. The van der Waals surface area contributed by atoms with Crippen LogP contribution in [-0.4, -0.2) is 75.9 Å². The van der Waals surface area contributed by atoms with Crippen LogP contribution in [0.3, 0.4) is 0 Å². The number of aromatic amines is 1. The lowest BCUT2D eigenvalue weighted by Gasteiger charge is -2.34. The Labute approximate surface area is 242 Å². The van der Waals surface area contributed by atoms with Crippen LogP contribution < -0.4 is 10.2 Å². The van der Waals surface area contributed by atoms with Gasteiger partial charge in [-0.2, -0.15) is 5.10 Å². The minimum Gasteiger partial charge on any atom is -0.494 e. The first-order valence-corrected chi connectivity index (χ1v) is 13.7. The third kappa shape index (κ3) is 5.52. The van der Waals surface area contributed by atoms with Gasteiger partial charge < -0.3 is 25.2 Å². The molecular formula is C32H31N7O3. The van der Waals surface area contributed by atoms with Crippen molar-refractivity contribution in [3.8, 4) is 5.88 Å². The van der Waals surface area contributed by atoms with E-state index in [-0.39, 0.29) is 17.6 Å². The molecule has 0 spiro atoms. The zero-order valence-corrected chi connectivity index (χ0v) is 23.4. The zero-order valence-electron chi connectivity index (χ0n) is 23.4. The maximum absolute atomic E-state index is 13.3. The minimum atomic E-state index is -0.317. The van der Waals surface area contributed by atoms with E-state index in [1.807, 2.05) is 12.1 Å². The van der Waals surface area contributed by atoms with Crippen LogP contribution in [0.1, 0.15) is 32.0 Å².